The maximum Gasteiger partial charge on any atom is 0.0728 e. The highest BCUT2D eigenvalue weighted by Crippen LogP contribution is 2.39. The quantitative estimate of drug-likeness (QED) is 0.671. The Hall–Kier alpha value is -0.300. The summed E-state index contributed by atoms with van der Waals surface area (Å²) in [5.41, 5.74) is 1.72. The van der Waals surface area contributed by atoms with Gasteiger partial charge in [-0.15, -0.1) is 0 Å². The molecular formula is C13H24O. The van der Waals surface area contributed by atoms with E-state index in [1.165, 1.54) is 5.57 Å². The summed E-state index contributed by atoms with van der Waals surface area (Å²) < 4.78 is 0. The Bertz CT molecular complexity index is 225. The second-order valence-corrected chi connectivity index (χ2v) is 5.89. The van der Waals surface area contributed by atoms with Crippen LogP contribution < -0.4 is 0 Å². The van der Waals surface area contributed by atoms with Crippen molar-refractivity contribution in [3.8, 4) is 0 Å². The molecule has 0 aromatic heterocycles. The molecule has 1 heteroatoms. The molecule has 0 saturated heterocycles. The van der Waals surface area contributed by atoms with E-state index < -0.39 is 0 Å². The molecule has 0 fully saturated rings. The Morgan fingerprint density at radius 1 is 1.36 bits per heavy atom. The third-order valence-corrected chi connectivity index (χ3v) is 3.44. The highest BCUT2D eigenvalue weighted by molar-refractivity contribution is 5.15. The Labute approximate surface area is 88.2 Å². The lowest BCUT2D eigenvalue weighted by molar-refractivity contribution is 0.133. The van der Waals surface area contributed by atoms with Gasteiger partial charge in [0.25, 0.3) is 0 Å². The lowest BCUT2D eigenvalue weighted by atomic mass is 9.71. The Kier molecular flexibility index (Phi) is 3.41. The molecule has 0 spiro atoms. The number of rotatable bonds is 2. The summed E-state index contributed by atoms with van der Waals surface area (Å²) in [6.45, 7) is 11.3. The molecule has 0 bridgehead atoms. The zero-order valence-electron chi connectivity index (χ0n) is 10.2. The van der Waals surface area contributed by atoms with Gasteiger partial charge in [0.2, 0.25) is 0 Å². The van der Waals surface area contributed by atoms with Gasteiger partial charge in [0.1, 0.15) is 0 Å². The number of aliphatic hydroxyl groups excluding tert-OH is 1. The molecule has 0 radical (unpaired) electrons. The van der Waals surface area contributed by atoms with E-state index in [4.69, 9.17) is 0 Å². The predicted molar refractivity (Wildman–Crippen MR) is 61.1 cm³/mol. The molecule has 1 nitrogen and oxygen atoms in total. The van der Waals surface area contributed by atoms with Crippen molar-refractivity contribution in [2.75, 3.05) is 0 Å². The van der Waals surface area contributed by atoms with Crippen LogP contribution in [0.15, 0.2) is 11.6 Å². The molecule has 0 aromatic carbocycles. The summed E-state index contributed by atoms with van der Waals surface area (Å²) in [7, 11) is 0. The van der Waals surface area contributed by atoms with E-state index in [9.17, 15) is 5.11 Å². The van der Waals surface area contributed by atoms with Crippen LogP contribution >= 0.6 is 0 Å². The lowest BCUT2D eigenvalue weighted by Crippen LogP contribution is -2.27. The van der Waals surface area contributed by atoms with Gasteiger partial charge in [0.15, 0.2) is 0 Å². The first-order chi connectivity index (χ1) is 6.32. The molecule has 1 rings (SSSR count). The smallest absolute Gasteiger partial charge is 0.0728 e. The summed E-state index contributed by atoms with van der Waals surface area (Å²) in [6, 6.07) is 0. The van der Waals surface area contributed by atoms with Crippen LogP contribution in [0.5, 0.6) is 0 Å². The topological polar surface area (TPSA) is 20.2 Å². The highest BCUT2D eigenvalue weighted by atomic mass is 16.3. The third-order valence-electron chi connectivity index (χ3n) is 3.44. The molecule has 0 amide bonds. The number of hydrogen-bond donors (Lipinski definition) is 1. The number of allylic oxidation sites excluding steroid dienone is 1. The molecule has 14 heavy (non-hydrogen) atoms. The van der Waals surface area contributed by atoms with Gasteiger partial charge in [-0.05, 0) is 30.1 Å². The van der Waals surface area contributed by atoms with E-state index in [1.54, 1.807) is 0 Å². The fraction of sp³-hybridized carbons (Fsp3) is 0.846. The first-order valence-electron chi connectivity index (χ1n) is 5.70. The fourth-order valence-corrected chi connectivity index (χ4v) is 2.30. The molecule has 1 aliphatic carbocycles. The van der Waals surface area contributed by atoms with Gasteiger partial charge in [-0.1, -0.05) is 46.3 Å². The molecule has 0 heterocycles. The van der Waals surface area contributed by atoms with Gasteiger partial charge in [-0.25, -0.2) is 0 Å². The molecule has 0 aromatic rings. The Morgan fingerprint density at radius 2 is 1.93 bits per heavy atom. The summed E-state index contributed by atoms with van der Waals surface area (Å²) in [4.78, 5) is 0. The van der Waals surface area contributed by atoms with Crippen LogP contribution in [0.2, 0.25) is 0 Å². The van der Waals surface area contributed by atoms with Crippen molar-refractivity contribution in [3.05, 3.63) is 11.6 Å². The summed E-state index contributed by atoms with van der Waals surface area (Å²) in [5.74, 6) is 1.27. The van der Waals surface area contributed by atoms with Crippen LogP contribution in [-0.4, -0.2) is 11.2 Å². The second kappa shape index (κ2) is 4.06. The third kappa shape index (κ3) is 2.84. The van der Waals surface area contributed by atoms with E-state index in [0.29, 0.717) is 11.8 Å². The van der Waals surface area contributed by atoms with Crippen LogP contribution in [-0.2, 0) is 0 Å². The van der Waals surface area contributed by atoms with Gasteiger partial charge in [0, 0.05) is 0 Å². The minimum atomic E-state index is -0.227. The maximum absolute atomic E-state index is 9.77. The van der Waals surface area contributed by atoms with Crippen molar-refractivity contribution in [2.24, 2.45) is 17.3 Å². The van der Waals surface area contributed by atoms with Gasteiger partial charge in [-0.2, -0.15) is 0 Å². The van der Waals surface area contributed by atoms with Crippen LogP contribution in [0.4, 0.5) is 0 Å². The largest absolute Gasteiger partial charge is 0.389 e. The van der Waals surface area contributed by atoms with E-state index in [1.807, 2.05) is 0 Å². The molecule has 1 aliphatic rings. The lowest BCUT2D eigenvalue weighted by Gasteiger charge is -2.35. The van der Waals surface area contributed by atoms with Crippen molar-refractivity contribution in [2.45, 2.75) is 53.6 Å². The minimum absolute atomic E-state index is 0.227. The van der Waals surface area contributed by atoms with E-state index >= 15 is 0 Å². The molecule has 2 atom stereocenters. The number of hydrogen-bond acceptors (Lipinski definition) is 1. The summed E-state index contributed by atoms with van der Waals surface area (Å²) in [5, 5.41) is 9.77. The monoisotopic (exact) mass is 196 g/mol. The van der Waals surface area contributed by atoms with Gasteiger partial charge < -0.3 is 5.11 Å². The van der Waals surface area contributed by atoms with Crippen LogP contribution in [0.3, 0.4) is 0 Å². The molecule has 0 aliphatic heterocycles. The maximum atomic E-state index is 9.77. The van der Waals surface area contributed by atoms with Crippen molar-refractivity contribution in [1.29, 1.82) is 0 Å². The van der Waals surface area contributed by atoms with Gasteiger partial charge in [0.05, 0.1) is 6.10 Å². The standard InChI is InChI=1S/C13H24O/c1-9(2)10(3)11-6-12(14)8-13(4,5)7-11/h6,9-10,12,14H,7-8H2,1-5H3. The van der Waals surface area contributed by atoms with Crippen molar-refractivity contribution in [1.82, 2.24) is 0 Å². The van der Waals surface area contributed by atoms with Crippen molar-refractivity contribution < 1.29 is 5.11 Å². The average molecular weight is 196 g/mol. The zero-order chi connectivity index (χ0) is 10.9. The van der Waals surface area contributed by atoms with Crippen molar-refractivity contribution >= 4 is 0 Å². The van der Waals surface area contributed by atoms with Crippen LogP contribution in [0.25, 0.3) is 0 Å². The fourth-order valence-electron chi connectivity index (χ4n) is 2.30. The van der Waals surface area contributed by atoms with E-state index in [0.717, 1.165) is 12.8 Å². The van der Waals surface area contributed by atoms with Gasteiger partial charge >= 0.3 is 0 Å². The van der Waals surface area contributed by atoms with E-state index in [2.05, 4.69) is 40.7 Å². The SMILES string of the molecule is CC(C)C(C)C1=CC(O)CC(C)(C)C1. The molecule has 82 valence electrons. The van der Waals surface area contributed by atoms with Crippen LogP contribution in [0.1, 0.15) is 47.5 Å². The molecular weight excluding hydrogens is 172 g/mol. The Balaban J connectivity index is 2.79. The normalized spacial score (nSPS) is 28.8. The first kappa shape index (κ1) is 11.8. The summed E-state index contributed by atoms with van der Waals surface area (Å²) >= 11 is 0. The van der Waals surface area contributed by atoms with E-state index in [-0.39, 0.29) is 11.5 Å². The predicted octanol–water partition coefficient (Wildman–Crippen LogP) is 3.39. The van der Waals surface area contributed by atoms with Crippen molar-refractivity contribution in [3.63, 3.8) is 0 Å². The molecule has 1 N–H and O–H groups in total. The average Bonchev–Trinajstić information content (AvgIpc) is 1.98. The van der Waals surface area contributed by atoms with Gasteiger partial charge in [-0.3, -0.25) is 0 Å². The second-order valence-electron chi connectivity index (χ2n) is 5.89. The minimum Gasteiger partial charge on any atom is -0.389 e. The molecule has 2 unspecified atom stereocenters. The van der Waals surface area contributed by atoms with Crippen LogP contribution in [0, 0.1) is 17.3 Å². The zero-order valence-corrected chi connectivity index (χ0v) is 10.2. The summed E-state index contributed by atoms with van der Waals surface area (Å²) in [6.07, 6.45) is 3.90. The Morgan fingerprint density at radius 3 is 2.36 bits per heavy atom. The highest BCUT2D eigenvalue weighted by Gasteiger charge is 2.30. The number of aliphatic hydroxyl groups is 1. The molecule has 0 saturated carbocycles. The first-order valence-corrected chi connectivity index (χ1v) is 5.70.